The molecule has 3 nitrogen and oxygen atoms in total. The van der Waals surface area contributed by atoms with Crippen LogP contribution in [0, 0.1) is 11.3 Å². The molecule has 1 saturated carbocycles. The van der Waals surface area contributed by atoms with Gasteiger partial charge in [-0.3, -0.25) is 0 Å². The average molecular weight is 251 g/mol. The zero-order valence-corrected chi connectivity index (χ0v) is 10.5. The van der Waals surface area contributed by atoms with Crippen LogP contribution in [0.3, 0.4) is 0 Å². The van der Waals surface area contributed by atoms with Crippen LogP contribution in [-0.4, -0.2) is 19.3 Å². The van der Waals surface area contributed by atoms with E-state index >= 15 is 0 Å². The predicted molar refractivity (Wildman–Crippen MR) is 68.2 cm³/mol. The van der Waals surface area contributed by atoms with Gasteiger partial charge in [-0.1, -0.05) is 11.6 Å². The zero-order valence-electron chi connectivity index (χ0n) is 9.79. The molecule has 0 radical (unpaired) electrons. The number of halogens is 1. The molecule has 1 aromatic rings. The van der Waals surface area contributed by atoms with E-state index in [0.29, 0.717) is 10.6 Å². The summed E-state index contributed by atoms with van der Waals surface area (Å²) in [6.45, 7) is 0.721. The van der Waals surface area contributed by atoms with Gasteiger partial charge in [0.1, 0.15) is 6.07 Å². The number of nitriles is 1. The van der Waals surface area contributed by atoms with Crippen molar-refractivity contribution in [2.24, 2.45) is 0 Å². The molecule has 0 aromatic heterocycles. The van der Waals surface area contributed by atoms with Gasteiger partial charge in [-0.05, 0) is 37.5 Å². The van der Waals surface area contributed by atoms with Crippen molar-refractivity contribution in [1.29, 1.82) is 5.26 Å². The van der Waals surface area contributed by atoms with Crippen molar-refractivity contribution in [2.45, 2.75) is 24.9 Å². The van der Waals surface area contributed by atoms with Gasteiger partial charge in [0.25, 0.3) is 0 Å². The first-order valence-corrected chi connectivity index (χ1v) is 6.06. The number of ether oxygens (including phenoxy) is 1. The summed E-state index contributed by atoms with van der Waals surface area (Å²) < 4.78 is 5.52. The summed E-state index contributed by atoms with van der Waals surface area (Å²) in [6.07, 6.45) is 3.34. The van der Waals surface area contributed by atoms with Crippen molar-refractivity contribution in [1.82, 2.24) is 0 Å². The Morgan fingerprint density at radius 3 is 2.82 bits per heavy atom. The van der Waals surface area contributed by atoms with Crippen LogP contribution in [0.5, 0.6) is 0 Å². The Morgan fingerprint density at radius 2 is 2.29 bits per heavy atom. The van der Waals surface area contributed by atoms with Gasteiger partial charge in [-0.2, -0.15) is 5.26 Å². The lowest BCUT2D eigenvalue weighted by Gasteiger charge is -2.40. The smallest absolute Gasteiger partial charge is 0.101 e. The summed E-state index contributed by atoms with van der Waals surface area (Å²) >= 11 is 5.92. The maximum absolute atomic E-state index is 9.00. The molecule has 1 fully saturated rings. The SMILES string of the molecule is COC1(CNc2cc(Cl)ccc2C#N)CCC1. The quantitative estimate of drug-likeness (QED) is 0.893. The monoisotopic (exact) mass is 250 g/mol. The van der Waals surface area contributed by atoms with Crippen molar-refractivity contribution in [3.63, 3.8) is 0 Å². The van der Waals surface area contributed by atoms with Crippen molar-refractivity contribution in [2.75, 3.05) is 19.0 Å². The van der Waals surface area contributed by atoms with Crippen molar-refractivity contribution in [3.05, 3.63) is 28.8 Å². The van der Waals surface area contributed by atoms with Crippen LogP contribution < -0.4 is 5.32 Å². The van der Waals surface area contributed by atoms with Gasteiger partial charge in [0.2, 0.25) is 0 Å². The first-order valence-electron chi connectivity index (χ1n) is 5.68. The van der Waals surface area contributed by atoms with Gasteiger partial charge >= 0.3 is 0 Å². The molecule has 0 saturated heterocycles. The third-order valence-electron chi connectivity index (χ3n) is 3.40. The molecule has 1 aliphatic rings. The van der Waals surface area contributed by atoms with E-state index in [9.17, 15) is 0 Å². The van der Waals surface area contributed by atoms with E-state index in [2.05, 4.69) is 11.4 Å². The van der Waals surface area contributed by atoms with E-state index < -0.39 is 0 Å². The zero-order chi connectivity index (χ0) is 12.3. The Morgan fingerprint density at radius 1 is 1.53 bits per heavy atom. The van der Waals surface area contributed by atoms with E-state index in [1.165, 1.54) is 6.42 Å². The normalized spacial score (nSPS) is 17.0. The summed E-state index contributed by atoms with van der Waals surface area (Å²) in [5.74, 6) is 0. The highest BCUT2D eigenvalue weighted by Crippen LogP contribution is 2.35. The van der Waals surface area contributed by atoms with Gasteiger partial charge in [0.05, 0.1) is 16.9 Å². The van der Waals surface area contributed by atoms with Crippen molar-refractivity contribution >= 4 is 17.3 Å². The highest BCUT2D eigenvalue weighted by atomic mass is 35.5. The van der Waals surface area contributed by atoms with Gasteiger partial charge < -0.3 is 10.1 Å². The minimum absolute atomic E-state index is 0.0605. The Hall–Kier alpha value is -1.24. The second kappa shape index (κ2) is 4.95. The third-order valence-corrected chi connectivity index (χ3v) is 3.64. The van der Waals surface area contributed by atoms with Gasteiger partial charge in [0, 0.05) is 18.7 Å². The molecular formula is C13H15ClN2O. The maximum atomic E-state index is 9.00. The molecular weight excluding hydrogens is 236 g/mol. The number of nitrogens with one attached hydrogen (secondary N) is 1. The van der Waals surface area contributed by atoms with Crippen LogP contribution >= 0.6 is 11.6 Å². The Kier molecular flexibility index (Phi) is 3.56. The maximum Gasteiger partial charge on any atom is 0.101 e. The summed E-state index contributed by atoms with van der Waals surface area (Å²) in [4.78, 5) is 0. The molecule has 90 valence electrons. The van der Waals surface area contributed by atoms with Crippen LogP contribution in [0.2, 0.25) is 5.02 Å². The standard InChI is InChI=1S/C13H15ClN2O/c1-17-13(5-2-6-13)9-16-12-7-11(14)4-3-10(12)8-15/h3-4,7,16H,2,5-6,9H2,1H3. The van der Waals surface area contributed by atoms with Crippen LogP contribution in [0.15, 0.2) is 18.2 Å². The van der Waals surface area contributed by atoms with E-state index in [0.717, 1.165) is 25.1 Å². The number of methoxy groups -OCH3 is 1. The number of benzene rings is 1. The Balaban J connectivity index is 2.08. The fourth-order valence-electron chi connectivity index (χ4n) is 2.04. The van der Waals surface area contributed by atoms with Crippen molar-refractivity contribution < 1.29 is 4.74 Å². The molecule has 0 amide bonds. The van der Waals surface area contributed by atoms with Crippen LogP contribution in [0.25, 0.3) is 0 Å². The van der Waals surface area contributed by atoms with Crippen LogP contribution in [-0.2, 0) is 4.74 Å². The van der Waals surface area contributed by atoms with E-state index in [1.54, 1.807) is 25.3 Å². The molecule has 4 heteroatoms. The molecule has 1 aromatic carbocycles. The minimum atomic E-state index is -0.0605. The lowest BCUT2D eigenvalue weighted by Crippen LogP contribution is -2.45. The number of rotatable bonds is 4. The minimum Gasteiger partial charge on any atom is -0.381 e. The molecule has 1 N–H and O–H groups in total. The number of hydrogen-bond donors (Lipinski definition) is 1. The second-order valence-corrected chi connectivity index (χ2v) is 4.83. The predicted octanol–water partition coefficient (Wildman–Crippen LogP) is 3.19. The number of hydrogen-bond acceptors (Lipinski definition) is 3. The van der Waals surface area contributed by atoms with Crippen LogP contribution in [0.1, 0.15) is 24.8 Å². The molecule has 2 rings (SSSR count). The molecule has 0 spiro atoms. The first-order chi connectivity index (χ1) is 8.19. The fourth-order valence-corrected chi connectivity index (χ4v) is 2.21. The highest BCUT2D eigenvalue weighted by molar-refractivity contribution is 6.30. The second-order valence-electron chi connectivity index (χ2n) is 4.40. The number of nitrogens with zero attached hydrogens (tertiary/aromatic N) is 1. The van der Waals surface area contributed by atoms with Gasteiger partial charge in [-0.25, -0.2) is 0 Å². The number of anilines is 1. The molecule has 0 bridgehead atoms. The molecule has 0 aliphatic heterocycles. The van der Waals surface area contributed by atoms with E-state index in [-0.39, 0.29) is 5.60 Å². The topological polar surface area (TPSA) is 45.0 Å². The summed E-state index contributed by atoms with van der Waals surface area (Å²) in [7, 11) is 1.74. The lowest BCUT2D eigenvalue weighted by atomic mass is 9.80. The van der Waals surface area contributed by atoms with Gasteiger partial charge in [0.15, 0.2) is 0 Å². The molecule has 0 unspecified atom stereocenters. The molecule has 17 heavy (non-hydrogen) atoms. The summed E-state index contributed by atoms with van der Waals surface area (Å²) in [6, 6.07) is 7.38. The molecule has 0 atom stereocenters. The summed E-state index contributed by atoms with van der Waals surface area (Å²) in [5, 5.41) is 12.9. The van der Waals surface area contributed by atoms with Gasteiger partial charge in [-0.15, -0.1) is 0 Å². The largest absolute Gasteiger partial charge is 0.381 e. The van der Waals surface area contributed by atoms with E-state index in [4.69, 9.17) is 21.6 Å². The summed E-state index contributed by atoms with van der Waals surface area (Å²) in [5.41, 5.74) is 1.33. The molecule has 1 aliphatic carbocycles. The Bertz CT molecular complexity index is 444. The van der Waals surface area contributed by atoms with Crippen molar-refractivity contribution in [3.8, 4) is 6.07 Å². The highest BCUT2D eigenvalue weighted by Gasteiger charge is 2.36. The Labute approximate surface area is 106 Å². The first kappa shape index (κ1) is 12.2. The van der Waals surface area contributed by atoms with Crippen LogP contribution in [0.4, 0.5) is 5.69 Å². The average Bonchev–Trinajstić information content (AvgIpc) is 2.28. The fraction of sp³-hybridized carbons (Fsp3) is 0.462. The third kappa shape index (κ3) is 2.54. The lowest BCUT2D eigenvalue weighted by molar-refractivity contribution is -0.0601. The van der Waals surface area contributed by atoms with E-state index in [1.807, 2.05) is 0 Å². The molecule has 0 heterocycles.